The number of ether oxygens (including phenoxy) is 1. The lowest BCUT2D eigenvalue weighted by Crippen LogP contribution is -2.32. The van der Waals surface area contributed by atoms with Gasteiger partial charge in [0.25, 0.3) is 11.8 Å². The largest absolute Gasteiger partial charge is 0.494 e. The number of carbonyl (C=O) groups excluding carboxylic acids is 2. The number of hydrogen-bond acceptors (Lipinski definition) is 4. The molecule has 32 heavy (non-hydrogen) atoms. The molecule has 1 heterocycles. The van der Waals surface area contributed by atoms with Crippen LogP contribution in [0.4, 0.5) is 15.8 Å². The number of halogens is 1. The second kappa shape index (κ2) is 8.67. The molecule has 0 saturated carbocycles. The zero-order valence-electron chi connectivity index (χ0n) is 18.1. The fourth-order valence-corrected chi connectivity index (χ4v) is 3.63. The smallest absolute Gasteiger partial charge is 0.282 e. The number of benzene rings is 3. The van der Waals surface area contributed by atoms with E-state index < -0.39 is 17.6 Å². The summed E-state index contributed by atoms with van der Waals surface area (Å²) in [5.41, 5.74) is 4.03. The number of nitrogens with one attached hydrogen (secondary N) is 1. The van der Waals surface area contributed by atoms with Crippen LogP contribution >= 0.6 is 0 Å². The summed E-state index contributed by atoms with van der Waals surface area (Å²) in [6, 6.07) is 18.2. The van der Waals surface area contributed by atoms with Crippen molar-refractivity contribution in [3.05, 3.63) is 94.9 Å². The Kier molecular flexibility index (Phi) is 5.77. The Hall–Kier alpha value is -3.93. The van der Waals surface area contributed by atoms with Gasteiger partial charge in [-0.1, -0.05) is 24.3 Å². The van der Waals surface area contributed by atoms with Gasteiger partial charge in [-0.2, -0.15) is 0 Å². The van der Waals surface area contributed by atoms with Crippen LogP contribution in [0.5, 0.6) is 5.75 Å². The van der Waals surface area contributed by atoms with Gasteiger partial charge in [0.15, 0.2) is 0 Å². The summed E-state index contributed by atoms with van der Waals surface area (Å²) in [6.45, 7) is 6.30. The number of nitrogens with zero attached hydrogens (tertiary/aromatic N) is 1. The highest BCUT2D eigenvalue weighted by molar-refractivity contribution is 6.46. The Balaban J connectivity index is 1.81. The van der Waals surface area contributed by atoms with Crippen molar-refractivity contribution in [2.75, 3.05) is 16.8 Å². The van der Waals surface area contributed by atoms with E-state index in [1.54, 1.807) is 24.3 Å². The molecule has 0 bridgehead atoms. The summed E-state index contributed by atoms with van der Waals surface area (Å²) in [5.74, 6) is -0.737. The topological polar surface area (TPSA) is 58.6 Å². The number of rotatable bonds is 6. The van der Waals surface area contributed by atoms with Crippen LogP contribution in [0.1, 0.15) is 23.6 Å². The number of amides is 2. The Bertz CT molecular complexity index is 1210. The predicted octanol–water partition coefficient (Wildman–Crippen LogP) is 5.24. The van der Waals surface area contributed by atoms with E-state index in [2.05, 4.69) is 5.32 Å². The lowest BCUT2D eigenvalue weighted by Gasteiger charge is -2.16. The van der Waals surface area contributed by atoms with Crippen molar-refractivity contribution in [1.29, 1.82) is 0 Å². The van der Waals surface area contributed by atoms with Crippen LogP contribution in [0, 0.1) is 19.7 Å². The Labute approximate surface area is 186 Å². The van der Waals surface area contributed by atoms with Crippen molar-refractivity contribution in [2.45, 2.75) is 20.8 Å². The molecule has 6 heteroatoms. The van der Waals surface area contributed by atoms with Crippen molar-refractivity contribution in [2.24, 2.45) is 0 Å². The summed E-state index contributed by atoms with van der Waals surface area (Å²) in [4.78, 5) is 27.9. The highest BCUT2D eigenvalue weighted by atomic mass is 19.1. The Morgan fingerprint density at radius 2 is 1.59 bits per heavy atom. The van der Waals surface area contributed by atoms with E-state index in [4.69, 9.17) is 4.74 Å². The highest BCUT2D eigenvalue weighted by Gasteiger charge is 2.40. The molecule has 0 saturated heterocycles. The van der Waals surface area contributed by atoms with Gasteiger partial charge in [0.2, 0.25) is 0 Å². The fourth-order valence-electron chi connectivity index (χ4n) is 3.63. The van der Waals surface area contributed by atoms with Crippen LogP contribution in [-0.4, -0.2) is 18.4 Å². The summed E-state index contributed by atoms with van der Waals surface area (Å²) < 4.78 is 18.9. The Morgan fingerprint density at radius 3 is 2.25 bits per heavy atom. The minimum Gasteiger partial charge on any atom is -0.494 e. The van der Waals surface area contributed by atoms with Gasteiger partial charge in [-0.3, -0.25) is 9.59 Å². The molecule has 3 aromatic rings. The molecule has 0 atom stereocenters. The number of carbonyl (C=O) groups is 2. The molecule has 1 N–H and O–H groups in total. The third-order valence-corrected chi connectivity index (χ3v) is 5.28. The maximum Gasteiger partial charge on any atom is 0.282 e. The third kappa shape index (κ3) is 3.99. The molecular weight excluding hydrogens is 407 g/mol. The molecule has 1 aliphatic heterocycles. The first-order valence-electron chi connectivity index (χ1n) is 10.3. The van der Waals surface area contributed by atoms with Crippen LogP contribution < -0.4 is 15.0 Å². The van der Waals surface area contributed by atoms with Crippen LogP contribution in [0.3, 0.4) is 0 Å². The monoisotopic (exact) mass is 430 g/mol. The van der Waals surface area contributed by atoms with Crippen molar-refractivity contribution >= 4 is 28.8 Å². The first kappa shape index (κ1) is 21.3. The van der Waals surface area contributed by atoms with Gasteiger partial charge in [-0.15, -0.1) is 0 Å². The van der Waals surface area contributed by atoms with Gasteiger partial charge >= 0.3 is 0 Å². The molecule has 4 rings (SSSR count). The average Bonchev–Trinajstić information content (AvgIpc) is 3.02. The van der Waals surface area contributed by atoms with Gasteiger partial charge in [0.05, 0.1) is 17.9 Å². The standard InChI is InChI=1S/C26H23FN2O3/c1-4-32-21-13-7-18(8-14-21)23-24(28-22-15-16(2)5-6-17(22)3)26(31)29(25(23)30)20-11-9-19(27)10-12-20/h5-15,28H,4H2,1-3H3. The molecule has 0 fully saturated rings. The molecule has 0 aliphatic carbocycles. The highest BCUT2D eigenvalue weighted by Crippen LogP contribution is 2.35. The molecule has 0 spiro atoms. The van der Waals surface area contributed by atoms with Crippen LogP contribution in [-0.2, 0) is 9.59 Å². The quantitative estimate of drug-likeness (QED) is 0.544. The van der Waals surface area contributed by atoms with E-state index in [1.807, 2.05) is 39.0 Å². The number of aryl methyl sites for hydroxylation is 2. The number of imide groups is 1. The van der Waals surface area contributed by atoms with E-state index in [0.717, 1.165) is 21.7 Å². The van der Waals surface area contributed by atoms with E-state index in [0.29, 0.717) is 23.6 Å². The molecule has 0 radical (unpaired) electrons. The van der Waals surface area contributed by atoms with Crippen LogP contribution in [0.2, 0.25) is 0 Å². The first-order chi connectivity index (χ1) is 15.4. The fraction of sp³-hybridized carbons (Fsp3) is 0.154. The van der Waals surface area contributed by atoms with Crippen molar-refractivity contribution < 1.29 is 18.7 Å². The van der Waals surface area contributed by atoms with E-state index in [-0.39, 0.29) is 11.3 Å². The van der Waals surface area contributed by atoms with Gasteiger partial charge < -0.3 is 10.1 Å². The van der Waals surface area contributed by atoms with E-state index >= 15 is 0 Å². The van der Waals surface area contributed by atoms with Gasteiger partial charge in [-0.05, 0) is 79.9 Å². The number of hydrogen-bond donors (Lipinski definition) is 1. The van der Waals surface area contributed by atoms with E-state index in [1.165, 1.54) is 24.3 Å². The number of anilines is 2. The van der Waals surface area contributed by atoms with Gasteiger partial charge in [-0.25, -0.2) is 9.29 Å². The maximum atomic E-state index is 13.4. The van der Waals surface area contributed by atoms with E-state index in [9.17, 15) is 14.0 Å². The molecular formula is C26H23FN2O3. The summed E-state index contributed by atoms with van der Waals surface area (Å²) in [5, 5.41) is 3.19. The van der Waals surface area contributed by atoms with Crippen molar-refractivity contribution in [3.63, 3.8) is 0 Å². The predicted molar refractivity (Wildman–Crippen MR) is 123 cm³/mol. The third-order valence-electron chi connectivity index (χ3n) is 5.28. The van der Waals surface area contributed by atoms with Gasteiger partial charge in [0, 0.05) is 5.69 Å². The zero-order chi connectivity index (χ0) is 22.8. The lowest BCUT2D eigenvalue weighted by atomic mass is 10.0. The molecule has 0 aromatic heterocycles. The van der Waals surface area contributed by atoms with Crippen LogP contribution in [0.25, 0.3) is 5.57 Å². The van der Waals surface area contributed by atoms with Crippen LogP contribution in [0.15, 0.2) is 72.4 Å². The molecule has 3 aromatic carbocycles. The maximum absolute atomic E-state index is 13.4. The molecule has 5 nitrogen and oxygen atoms in total. The zero-order valence-corrected chi connectivity index (χ0v) is 18.1. The van der Waals surface area contributed by atoms with Crippen molar-refractivity contribution in [1.82, 2.24) is 0 Å². The summed E-state index contributed by atoms with van der Waals surface area (Å²) in [7, 11) is 0. The van der Waals surface area contributed by atoms with Gasteiger partial charge in [0.1, 0.15) is 17.3 Å². The molecule has 2 amide bonds. The normalized spacial score (nSPS) is 13.7. The lowest BCUT2D eigenvalue weighted by molar-refractivity contribution is -0.120. The van der Waals surface area contributed by atoms with Crippen molar-refractivity contribution in [3.8, 4) is 5.75 Å². The second-order valence-corrected chi connectivity index (χ2v) is 7.57. The molecule has 162 valence electrons. The molecule has 1 aliphatic rings. The second-order valence-electron chi connectivity index (χ2n) is 7.57. The summed E-state index contributed by atoms with van der Waals surface area (Å²) in [6.07, 6.45) is 0. The summed E-state index contributed by atoms with van der Waals surface area (Å²) >= 11 is 0. The SMILES string of the molecule is CCOc1ccc(C2=C(Nc3cc(C)ccc3C)C(=O)N(c3ccc(F)cc3)C2=O)cc1. The Morgan fingerprint density at radius 1 is 0.906 bits per heavy atom. The minimum absolute atomic E-state index is 0.178. The minimum atomic E-state index is -0.494. The average molecular weight is 430 g/mol. The first-order valence-corrected chi connectivity index (χ1v) is 10.3. The molecule has 0 unspecified atom stereocenters.